The lowest BCUT2D eigenvalue weighted by Crippen LogP contribution is -1.95. The Kier molecular flexibility index (Phi) is 4.09. The number of thiophene rings is 1. The average molecular weight is 328 g/mol. The molecule has 0 aromatic carbocycles. The number of hydrogen-bond acceptors (Lipinski definition) is 3. The van der Waals surface area contributed by atoms with Gasteiger partial charge >= 0.3 is 0 Å². The Bertz CT molecular complexity index is 322. The molecule has 1 atom stereocenters. The first-order valence-electron chi connectivity index (χ1n) is 3.59. The third kappa shape index (κ3) is 2.21. The van der Waals surface area contributed by atoms with Crippen LogP contribution in [0, 0.1) is 6.92 Å². The van der Waals surface area contributed by atoms with Crippen LogP contribution in [-0.2, 0) is 0 Å². The average Bonchev–Trinajstić information content (AvgIpc) is 2.43. The number of halogens is 2. The molecule has 0 saturated heterocycles. The second-order valence-electron chi connectivity index (χ2n) is 2.56. The maximum absolute atomic E-state index is 10.6. The summed E-state index contributed by atoms with van der Waals surface area (Å²) in [6, 6.07) is 0. The zero-order valence-corrected chi connectivity index (χ0v) is 10.9. The first kappa shape index (κ1) is 11.4. The minimum atomic E-state index is -0.549. The number of carbonyl (C=O) groups is 1. The van der Waals surface area contributed by atoms with Gasteiger partial charge in [-0.3, -0.25) is 4.79 Å². The Morgan fingerprint density at radius 1 is 1.69 bits per heavy atom. The molecule has 72 valence electrons. The van der Waals surface area contributed by atoms with Crippen LogP contribution in [0.2, 0.25) is 0 Å². The molecule has 1 N–H and O–H groups in total. The van der Waals surface area contributed by atoms with Crippen molar-refractivity contribution < 1.29 is 9.90 Å². The van der Waals surface area contributed by atoms with Crippen LogP contribution in [-0.4, -0.2) is 16.7 Å². The molecule has 2 nitrogen and oxygen atoms in total. The molecule has 0 amide bonds. The van der Waals surface area contributed by atoms with Gasteiger partial charge in [-0.05, 0) is 28.4 Å². The van der Waals surface area contributed by atoms with E-state index in [9.17, 15) is 9.90 Å². The summed E-state index contributed by atoms with van der Waals surface area (Å²) in [5.41, 5.74) is 0.898. The van der Waals surface area contributed by atoms with E-state index in [2.05, 4.69) is 31.9 Å². The first-order valence-corrected chi connectivity index (χ1v) is 6.32. The van der Waals surface area contributed by atoms with Gasteiger partial charge in [-0.25, -0.2) is 0 Å². The summed E-state index contributed by atoms with van der Waals surface area (Å²) in [5, 5.41) is 10.0. The number of aliphatic hydroxyl groups is 1. The van der Waals surface area contributed by atoms with Crippen LogP contribution in [0.1, 0.15) is 26.2 Å². The van der Waals surface area contributed by atoms with Crippen LogP contribution in [0.25, 0.3) is 0 Å². The van der Waals surface area contributed by atoms with Crippen molar-refractivity contribution in [1.29, 1.82) is 0 Å². The molecule has 0 bridgehead atoms. The third-order valence-corrected chi connectivity index (χ3v) is 4.91. The van der Waals surface area contributed by atoms with Gasteiger partial charge in [-0.1, -0.05) is 15.9 Å². The highest BCUT2D eigenvalue weighted by atomic mass is 79.9. The number of rotatable bonds is 3. The van der Waals surface area contributed by atoms with Crippen molar-refractivity contribution in [2.45, 2.75) is 13.0 Å². The molecular weight excluding hydrogens is 320 g/mol. The van der Waals surface area contributed by atoms with Crippen molar-refractivity contribution in [2.75, 3.05) is 5.33 Å². The van der Waals surface area contributed by atoms with Crippen LogP contribution >= 0.6 is 43.2 Å². The maximum atomic E-state index is 10.6. The van der Waals surface area contributed by atoms with Gasteiger partial charge in [0.15, 0.2) is 6.29 Å². The minimum Gasteiger partial charge on any atom is -0.387 e. The molecule has 0 aliphatic heterocycles. The van der Waals surface area contributed by atoms with Crippen LogP contribution in [0.15, 0.2) is 4.47 Å². The van der Waals surface area contributed by atoms with Gasteiger partial charge in [0.25, 0.3) is 0 Å². The lowest BCUT2D eigenvalue weighted by molar-refractivity contribution is 0.112. The van der Waals surface area contributed by atoms with E-state index in [1.807, 2.05) is 6.92 Å². The second-order valence-corrected chi connectivity index (χ2v) is 5.08. The summed E-state index contributed by atoms with van der Waals surface area (Å²) < 4.78 is 0.839. The second kappa shape index (κ2) is 4.68. The van der Waals surface area contributed by atoms with E-state index in [-0.39, 0.29) is 0 Å². The lowest BCUT2D eigenvalue weighted by atomic mass is 10.2. The number of carbonyl (C=O) groups excluding carboxylic acids is 1. The molecule has 13 heavy (non-hydrogen) atoms. The maximum Gasteiger partial charge on any atom is 0.160 e. The molecular formula is C8H8Br2O2S. The summed E-state index contributed by atoms with van der Waals surface area (Å²) in [7, 11) is 0. The van der Waals surface area contributed by atoms with Gasteiger partial charge in [-0.2, -0.15) is 0 Å². The van der Waals surface area contributed by atoms with Crippen LogP contribution in [0.3, 0.4) is 0 Å². The molecule has 5 heteroatoms. The Hall–Kier alpha value is 0.290. The van der Waals surface area contributed by atoms with Gasteiger partial charge in [0.1, 0.15) is 0 Å². The molecule has 1 rings (SSSR count). The fraction of sp³-hybridized carbons (Fsp3) is 0.375. The van der Waals surface area contributed by atoms with Crippen LogP contribution in [0.5, 0.6) is 0 Å². The third-order valence-electron chi connectivity index (χ3n) is 1.69. The van der Waals surface area contributed by atoms with Crippen molar-refractivity contribution in [3.05, 3.63) is 19.8 Å². The van der Waals surface area contributed by atoms with Crippen molar-refractivity contribution in [2.24, 2.45) is 0 Å². The standard InChI is InChI=1S/C8H8Br2O2S/c1-4-6(3-11)13-8(7(4)10)5(12)2-9/h3,5,12H,2H2,1H3. The van der Waals surface area contributed by atoms with Gasteiger partial charge in [0.2, 0.25) is 0 Å². The largest absolute Gasteiger partial charge is 0.387 e. The topological polar surface area (TPSA) is 37.3 Å². The van der Waals surface area contributed by atoms with Gasteiger partial charge in [-0.15, -0.1) is 11.3 Å². The molecule has 1 aromatic heterocycles. The number of hydrogen-bond donors (Lipinski definition) is 1. The van der Waals surface area contributed by atoms with E-state index >= 15 is 0 Å². The van der Waals surface area contributed by atoms with E-state index in [4.69, 9.17) is 0 Å². The highest BCUT2D eigenvalue weighted by molar-refractivity contribution is 9.10. The molecule has 0 fully saturated rings. The summed E-state index contributed by atoms with van der Waals surface area (Å²) in [6.07, 6.45) is 0.265. The highest BCUT2D eigenvalue weighted by Gasteiger charge is 2.17. The van der Waals surface area contributed by atoms with Crippen molar-refractivity contribution in [3.63, 3.8) is 0 Å². The zero-order chi connectivity index (χ0) is 10.0. The number of aliphatic hydroxyl groups excluding tert-OH is 1. The smallest absolute Gasteiger partial charge is 0.160 e. The van der Waals surface area contributed by atoms with E-state index in [1.165, 1.54) is 11.3 Å². The van der Waals surface area contributed by atoms with E-state index < -0.39 is 6.10 Å². The van der Waals surface area contributed by atoms with Crippen LogP contribution < -0.4 is 0 Å². The number of alkyl halides is 1. The normalized spacial score (nSPS) is 12.9. The summed E-state index contributed by atoms with van der Waals surface area (Å²) in [5.74, 6) is 0. The number of aldehydes is 1. The van der Waals surface area contributed by atoms with Crippen molar-refractivity contribution >= 4 is 49.5 Å². The SMILES string of the molecule is Cc1c(C=O)sc(C(O)CBr)c1Br. The summed E-state index contributed by atoms with van der Waals surface area (Å²) in [6.45, 7) is 1.86. The molecule has 0 saturated carbocycles. The fourth-order valence-electron chi connectivity index (χ4n) is 0.930. The van der Waals surface area contributed by atoms with Crippen molar-refractivity contribution in [3.8, 4) is 0 Å². The highest BCUT2D eigenvalue weighted by Crippen LogP contribution is 2.36. The predicted octanol–water partition coefficient (Wildman–Crippen LogP) is 3.06. The molecule has 0 aliphatic carbocycles. The molecule has 0 spiro atoms. The fourth-order valence-corrected chi connectivity index (χ4v) is 3.32. The first-order chi connectivity index (χ1) is 6.11. The molecule has 0 radical (unpaired) electrons. The molecule has 0 aliphatic rings. The summed E-state index contributed by atoms with van der Waals surface area (Å²) in [4.78, 5) is 12.1. The van der Waals surface area contributed by atoms with Gasteiger partial charge in [0.05, 0.1) is 11.0 Å². The lowest BCUT2D eigenvalue weighted by Gasteiger charge is -2.03. The Balaban J connectivity index is 3.16. The quantitative estimate of drug-likeness (QED) is 0.684. The predicted molar refractivity (Wildman–Crippen MR) is 60.9 cm³/mol. The molecule has 1 aromatic rings. The van der Waals surface area contributed by atoms with E-state index in [0.29, 0.717) is 10.2 Å². The summed E-state index contributed by atoms with van der Waals surface area (Å²) >= 11 is 7.87. The zero-order valence-electron chi connectivity index (χ0n) is 6.88. The molecule has 1 unspecified atom stereocenters. The van der Waals surface area contributed by atoms with Gasteiger partial charge in [0, 0.05) is 14.7 Å². The van der Waals surface area contributed by atoms with Crippen LogP contribution in [0.4, 0.5) is 0 Å². The minimum absolute atomic E-state index is 0.476. The molecule has 1 heterocycles. The van der Waals surface area contributed by atoms with E-state index in [1.54, 1.807) is 0 Å². The Morgan fingerprint density at radius 2 is 2.31 bits per heavy atom. The van der Waals surface area contributed by atoms with Gasteiger partial charge < -0.3 is 5.11 Å². The van der Waals surface area contributed by atoms with Crippen molar-refractivity contribution in [1.82, 2.24) is 0 Å². The Morgan fingerprint density at radius 3 is 2.69 bits per heavy atom. The monoisotopic (exact) mass is 326 g/mol. The Labute approximate surface area is 97.2 Å². The van der Waals surface area contributed by atoms with E-state index in [0.717, 1.165) is 21.2 Å².